The molecule has 0 saturated carbocycles. The van der Waals surface area contributed by atoms with Crippen molar-refractivity contribution in [3.63, 3.8) is 0 Å². The maximum absolute atomic E-state index is 13.4. The molecule has 4 nitrogen and oxygen atoms in total. The molecule has 2 aromatic rings. The number of rotatable bonds is 12. The average molecular weight is 388 g/mol. The third-order valence-electron chi connectivity index (χ3n) is 4.49. The van der Waals surface area contributed by atoms with Gasteiger partial charge in [-0.05, 0) is 36.8 Å². The molecule has 2 rings (SSSR count). The molecule has 152 valence electrons. The highest BCUT2D eigenvalue weighted by Gasteiger charge is 2.14. The Balaban J connectivity index is 1.79. The Morgan fingerprint density at radius 1 is 0.929 bits per heavy atom. The van der Waals surface area contributed by atoms with Gasteiger partial charge in [0, 0.05) is 0 Å². The lowest BCUT2D eigenvalue weighted by molar-refractivity contribution is 0.0727. The fourth-order valence-corrected chi connectivity index (χ4v) is 2.86. The Morgan fingerprint density at radius 3 is 2.25 bits per heavy atom. The van der Waals surface area contributed by atoms with Gasteiger partial charge in [-0.2, -0.15) is 0 Å². The van der Waals surface area contributed by atoms with Gasteiger partial charge in [0.05, 0.1) is 12.2 Å². The van der Waals surface area contributed by atoms with Crippen molar-refractivity contribution in [3.8, 4) is 17.2 Å². The van der Waals surface area contributed by atoms with Crippen LogP contribution in [0.2, 0.25) is 0 Å². The maximum Gasteiger partial charge on any atom is 0.343 e. The van der Waals surface area contributed by atoms with E-state index in [1.165, 1.54) is 44.6 Å². The molecule has 0 aliphatic carbocycles. The normalized spacial score (nSPS) is 10.6. The number of unbranched alkanes of at least 4 members (excludes halogenated alkanes) is 7. The number of aromatic hydroxyl groups is 1. The van der Waals surface area contributed by atoms with E-state index in [1.54, 1.807) is 24.3 Å². The van der Waals surface area contributed by atoms with Gasteiger partial charge in [-0.15, -0.1) is 0 Å². The molecule has 0 heterocycles. The van der Waals surface area contributed by atoms with Crippen LogP contribution in [0, 0.1) is 5.82 Å². The van der Waals surface area contributed by atoms with Crippen molar-refractivity contribution in [1.29, 1.82) is 0 Å². The molecule has 0 spiro atoms. The maximum atomic E-state index is 13.4. The number of ether oxygens (including phenoxy) is 2. The first-order chi connectivity index (χ1) is 13.6. The van der Waals surface area contributed by atoms with Crippen molar-refractivity contribution in [1.82, 2.24) is 0 Å². The molecule has 0 atom stereocenters. The minimum absolute atomic E-state index is 0.0215. The van der Waals surface area contributed by atoms with Crippen LogP contribution in [0.4, 0.5) is 4.39 Å². The number of esters is 1. The fourth-order valence-electron chi connectivity index (χ4n) is 2.86. The molecule has 0 bridgehead atoms. The van der Waals surface area contributed by atoms with Gasteiger partial charge < -0.3 is 14.6 Å². The third-order valence-corrected chi connectivity index (χ3v) is 4.49. The highest BCUT2D eigenvalue weighted by atomic mass is 19.1. The van der Waals surface area contributed by atoms with Gasteiger partial charge in [0.15, 0.2) is 23.1 Å². The Bertz CT molecular complexity index is 745. The third kappa shape index (κ3) is 7.22. The molecular formula is C23H29FO4. The number of para-hydroxylation sites is 2. The first kappa shape index (κ1) is 21.7. The molecule has 0 unspecified atom stereocenters. The summed E-state index contributed by atoms with van der Waals surface area (Å²) in [5, 5.41) is 9.22. The molecule has 0 aliphatic rings. The summed E-state index contributed by atoms with van der Waals surface area (Å²) in [4.78, 5) is 12.2. The molecule has 0 aliphatic heterocycles. The van der Waals surface area contributed by atoms with Crippen molar-refractivity contribution in [2.45, 2.75) is 58.3 Å². The number of carbonyl (C=O) groups excluding carboxylic acids is 1. The number of hydrogen-bond acceptors (Lipinski definition) is 4. The Labute approximate surface area is 166 Å². The van der Waals surface area contributed by atoms with Gasteiger partial charge in [-0.3, -0.25) is 0 Å². The molecule has 0 fully saturated rings. The Morgan fingerprint density at radius 2 is 1.57 bits per heavy atom. The van der Waals surface area contributed by atoms with E-state index in [0.29, 0.717) is 18.1 Å². The molecule has 1 N–H and O–H groups in total. The lowest BCUT2D eigenvalue weighted by Crippen LogP contribution is -2.10. The molecule has 0 saturated heterocycles. The van der Waals surface area contributed by atoms with Crippen LogP contribution >= 0.6 is 0 Å². The van der Waals surface area contributed by atoms with Gasteiger partial charge in [0.25, 0.3) is 0 Å². The number of benzene rings is 2. The van der Waals surface area contributed by atoms with Crippen LogP contribution in [0.3, 0.4) is 0 Å². The largest absolute Gasteiger partial charge is 0.505 e. The number of phenolic OH excluding ortho intramolecular Hbond substituents is 1. The summed E-state index contributed by atoms with van der Waals surface area (Å²) < 4.78 is 24.5. The zero-order valence-electron chi connectivity index (χ0n) is 16.5. The smallest absolute Gasteiger partial charge is 0.343 e. The molecule has 28 heavy (non-hydrogen) atoms. The Hall–Kier alpha value is -2.56. The molecule has 5 heteroatoms. The van der Waals surface area contributed by atoms with E-state index >= 15 is 0 Å². The second-order valence-electron chi connectivity index (χ2n) is 6.83. The summed E-state index contributed by atoms with van der Waals surface area (Å²) >= 11 is 0. The van der Waals surface area contributed by atoms with Crippen molar-refractivity contribution >= 4 is 5.97 Å². The van der Waals surface area contributed by atoms with E-state index in [-0.39, 0.29) is 5.56 Å². The number of carbonyl (C=O) groups is 1. The highest BCUT2D eigenvalue weighted by molar-refractivity contribution is 5.91. The molecule has 2 aromatic carbocycles. The van der Waals surface area contributed by atoms with Crippen LogP contribution in [-0.2, 0) is 0 Å². The Kier molecular flexibility index (Phi) is 9.32. The van der Waals surface area contributed by atoms with Crippen LogP contribution in [-0.4, -0.2) is 17.7 Å². The van der Waals surface area contributed by atoms with E-state index in [4.69, 9.17) is 9.47 Å². The van der Waals surface area contributed by atoms with Crippen molar-refractivity contribution in [2.75, 3.05) is 6.61 Å². The number of halogens is 1. The van der Waals surface area contributed by atoms with Gasteiger partial charge in [-0.25, -0.2) is 9.18 Å². The minimum atomic E-state index is -0.867. The number of phenols is 1. The molecule has 0 aromatic heterocycles. The topological polar surface area (TPSA) is 55.8 Å². The quantitative estimate of drug-likeness (QED) is 0.264. The summed E-state index contributed by atoms with van der Waals surface area (Å²) in [7, 11) is 0. The van der Waals surface area contributed by atoms with E-state index in [9.17, 15) is 14.3 Å². The number of hydrogen-bond donors (Lipinski definition) is 1. The zero-order chi connectivity index (χ0) is 20.2. The first-order valence-electron chi connectivity index (χ1n) is 10.0. The van der Waals surface area contributed by atoms with E-state index in [1.807, 2.05) is 0 Å². The first-order valence-corrected chi connectivity index (χ1v) is 10.0. The molecule has 0 radical (unpaired) electrons. The van der Waals surface area contributed by atoms with Crippen molar-refractivity contribution in [2.24, 2.45) is 0 Å². The minimum Gasteiger partial charge on any atom is -0.505 e. The van der Waals surface area contributed by atoms with Gasteiger partial charge in [0.1, 0.15) is 0 Å². The van der Waals surface area contributed by atoms with Crippen LogP contribution < -0.4 is 9.47 Å². The molecule has 0 amide bonds. The standard InChI is InChI=1S/C23H29FO4/c1-2-3-4-5-6-7-8-11-16-27-21-12-9-10-13-22(21)28-23(26)18-14-15-20(25)19(24)17-18/h9-10,12-15,17,25H,2-8,11,16H2,1H3. The summed E-state index contributed by atoms with van der Waals surface area (Å²) in [5.41, 5.74) is 0.0215. The summed E-state index contributed by atoms with van der Waals surface area (Å²) in [6.07, 6.45) is 9.71. The van der Waals surface area contributed by atoms with Crippen molar-refractivity contribution in [3.05, 3.63) is 53.8 Å². The average Bonchev–Trinajstić information content (AvgIpc) is 2.70. The van der Waals surface area contributed by atoms with Gasteiger partial charge in [-0.1, -0.05) is 64.0 Å². The second-order valence-corrected chi connectivity index (χ2v) is 6.83. The summed E-state index contributed by atoms with van der Waals surface area (Å²) in [6, 6.07) is 10.3. The van der Waals surface area contributed by atoms with E-state index in [0.717, 1.165) is 25.0 Å². The predicted molar refractivity (Wildman–Crippen MR) is 108 cm³/mol. The van der Waals surface area contributed by atoms with Crippen LogP contribution in [0.1, 0.15) is 68.6 Å². The summed E-state index contributed by atoms with van der Waals surface area (Å²) in [6.45, 7) is 2.77. The zero-order valence-corrected chi connectivity index (χ0v) is 16.5. The van der Waals surface area contributed by atoms with Crippen LogP contribution in [0.5, 0.6) is 17.2 Å². The van der Waals surface area contributed by atoms with Gasteiger partial charge >= 0.3 is 5.97 Å². The van der Waals surface area contributed by atoms with Crippen LogP contribution in [0.25, 0.3) is 0 Å². The SMILES string of the molecule is CCCCCCCCCCOc1ccccc1OC(=O)c1ccc(O)c(F)c1. The summed E-state index contributed by atoms with van der Waals surface area (Å²) in [5.74, 6) is -1.31. The fraction of sp³-hybridized carbons (Fsp3) is 0.435. The lowest BCUT2D eigenvalue weighted by atomic mass is 10.1. The lowest BCUT2D eigenvalue weighted by Gasteiger charge is -2.11. The van der Waals surface area contributed by atoms with E-state index in [2.05, 4.69) is 6.92 Å². The highest BCUT2D eigenvalue weighted by Crippen LogP contribution is 2.28. The predicted octanol–water partition coefficient (Wildman–Crippen LogP) is 6.27. The molecular weight excluding hydrogens is 359 g/mol. The monoisotopic (exact) mass is 388 g/mol. The van der Waals surface area contributed by atoms with Crippen molar-refractivity contribution < 1.29 is 23.8 Å². The second kappa shape index (κ2) is 12.0. The van der Waals surface area contributed by atoms with Crippen LogP contribution in [0.15, 0.2) is 42.5 Å². The van der Waals surface area contributed by atoms with Gasteiger partial charge in [0.2, 0.25) is 0 Å². The van der Waals surface area contributed by atoms with E-state index < -0.39 is 17.5 Å².